The van der Waals surface area contributed by atoms with E-state index < -0.39 is 74.6 Å². The van der Waals surface area contributed by atoms with Crippen LogP contribution in [-0.4, -0.2) is 123 Å². The third-order valence-corrected chi connectivity index (χ3v) is 7.29. The van der Waals surface area contributed by atoms with Crippen LogP contribution in [0.4, 0.5) is 0 Å². The average molecular weight is 565 g/mol. The van der Waals surface area contributed by atoms with Crippen molar-refractivity contribution >= 4 is 21.5 Å². The maximum atomic E-state index is 10.6. The monoisotopic (exact) mass is 564 g/mol. The predicted molar refractivity (Wildman–Crippen MR) is 137 cm³/mol. The lowest BCUT2D eigenvalue weighted by Crippen LogP contribution is -2.62. The highest BCUT2D eigenvalue weighted by Crippen LogP contribution is 2.40. The number of rotatable bonds is 7. The summed E-state index contributed by atoms with van der Waals surface area (Å²) in [7, 11) is 1.45. The highest BCUT2D eigenvalue weighted by atomic mass is 16.7. The van der Waals surface area contributed by atoms with Crippen molar-refractivity contribution in [1.82, 2.24) is 0 Å². The molecule has 5 rings (SSSR count). The molecule has 0 bridgehead atoms. The standard InChI is InChI=1S/C27H32O13/c1-36-15-8-13(7-12-6-5-11-3-2-4-14(29)18(11)19(12)15)38-27-25(35)23(33)21(31)17(40-27)10-37-26-24(34)22(32)20(30)16(9-28)39-26/h2-8,16-17,20-35H,9-10H2,1H3. The Morgan fingerprint density at radius 1 is 0.725 bits per heavy atom. The van der Waals surface area contributed by atoms with Crippen LogP contribution in [0, 0.1) is 0 Å². The van der Waals surface area contributed by atoms with Crippen molar-refractivity contribution in [3.05, 3.63) is 42.5 Å². The Morgan fingerprint density at radius 3 is 2.08 bits per heavy atom. The van der Waals surface area contributed by atoms with Crippen LogP contribution in [-0.2, 0) is 14.2 Å². The van der Waals surface area contributed by atoms with Gasteiger partial charge in [-0.1, -0.05) is 24.3 Å². The van der Waals surface area contributed by atoms with Crippen molar-refractivity contribution in [2.24, 2.45) is 0 Å². The summed E-state index contributed by atoms with van der Waals surface area (Å²) in [5.74, 6) is 0.633. The molecule has 3 aromatic carbocycles. The molecule has 0 radical (unpaired) electrons. The molecule has 0 spiro atoms. The van der Waals surface area contributed by atoms with Gasteiger partial charge in [0.05, 0.1) is 20.3 Å². The lowest BCUT2D eigenvalue weighted by molar-refractivity contribution is -0.323. The third-order valence-electron chi connectivity index (χ3n) is 7.29. The van der Waals surface area contributed by atoms with Crippen LogP contribution in [0.3, 0.4) is 0 Å². The van der Waals surface area contributed by atoms with Crippen molar-refractivity contribution in [2.45, 2.75) is 61.4 Å². The zero-order valence-electron chi connectivity index (χ0n) is 21.3. The van der Waals surface area contributed by atoms with E-state index in [4.69, 9.17) is 23.7 Å². The van der Waals surface area contributed by atoms with Crippen molar-refractivity contribution in [1.29, 1.82) is 0 Å². The van der Waals surface area contributed by atoms with Gasteiger partial charge in [-0.3, -0.25) is 0 Å². The van der Waals surface area contributed by atoms with E-state index >= 15 is 0 Å². The molecule has 40 heavy (non-hydrogen) atoms. The number of fused-ring (bicyclic) bond motifs is 3. The zero-order valence-corrected chi connectivity index (χ0v) is 21.3. The number of ether oxygens (including phenoxy) is 5. The second-order valence-corrected chi connectivity index (χ2v) is 9.83. The molecule has 10 unspecified atom stereocenters. The second kappa shape index (κ2) is 11.6. The summed E-state index contributed by atoms with van der Waals surface area (Å²) in [6.07, 6.45) is -15.4. The number of aliphatic hydroxyl groups is 7. The van der Waals surface area contributed by atoms with Gasteiger partial charge in [0.15, 0.2) is 6.29 Å². The number of methoxy groups -OCH3 is 1. The van der Waals surface area contributed by atoms with Gasteiger partial charge in [0.1, 0.15) is 66.1 Å². The third kappa shape index (κ3) is 5.17. The molecular formula is C27H32O13. The molecule has 2 aliphatic heterocycles. The minimum absolute atomic E-state index is 0.0699. The Balaban J connectivity index is 1.35. The summed E-state index contributed by atoms with van der Waals surface area (Å²) >= 11 is 0. The molecule has 2 saturated heterocycles. The molecule has 0 aliphatic carbocycles. The van der Waals surface area contributed by atoms with Crippen LogP contribution in [0.25, 0.3) is 21.5 Å². The van der Waals surface area contributed by atoms with Gasteiger partial charge in [0.25, 0.3) is 0 Å². The number of hydrogen-bond donors (Lipinski definition) is 8. The van der Waals surface area contributed by atoms with E-state index in [0.717, 1.165) is 5.39 Å². The van der Waals surface area contributed by atoms with Gasteiger partial charge < -0.3 is 64.5 Å². The normalized spacial score (nSPS) is 34.7. The highest BCUT2D eigenvalue weighted by molar-refractivity contribution is 6.13. The molecular weight excluding hydrogens is 532 g/mol. The Hall–Kier alpha value is -2.82. The fourth-order valence-corrected chi connectivity index (χ4v) is 5.07. The molecule has 3 aromatic rings. The van der Waals surface area contributed by atoms with E-state index in [2.05, 4.69) is 0 Å². The van der Waals surface area contributed by atoms with E-state index in [1.807, 2.05) is 12.1 Å². The number of phenols is 1. The number of hydrogen-bond acceptors (Lipinski definition) is 13. The predicted octanol–water partition coefficient (Wildman–Crippen LogP) is -1.29. The van der Waals surface area contributed by atoms with E-state index in [-0.39, 0.29) is 11.5 Å². The summed E-state index contributed by atoms with van der Waals surface area (Å²) in [6.45, 7) is -1.14. The summed E-state index contributed by atoms with van der Waals surface area (Å²) in [4.78, 5) is 0. The Bertz CT molecular complexity index is 1330. The molecule has 8 N–H and O–H groups in total. The molecule has 13 heteroatoms. The molecule has 0 amide bonds. The van der Waals surface area contributed by atoms with Gasteiger partial charge in [-0.05, 0) is 22.9 Å². The lowest BCUT2D eigenvalue weighted by atomic mass is 9.98. The SMILES string of the molecule is COc1cc(OC2OC(COC3OC(CO)C(O)C(O)C3O)C(O)C(O)C2O)cc2ccc3cccc(O)c3c12. The first-order valence-electron chi connectivity index (χ1n) is 12.7. The fraction of sp³-hybridized carbons (Fsp3) is 0.481. The zero-order chi connectivity index (χ0) is 28.7. The quantitative estimate of drug-likeness (QED) is 0.157. The lowest BCUT2D eigenvalue weighted by Gasteiger charge is -2.42. The molecule has 0 aromatic heterocycles. The molecule has 218 valence electrons. The second-order valence-electron chi connectivity index (χ2n) is 9.83. The minimum atomic E-state index is -1.70. The first-order valence-corrected chi connectivity index (χ1v) is 12.7. The number of aromatic hydroxyl groups is 1. The Labute approximate surface area is 227 Å². The van der Waals surface area contributed by atoms with Gasteiger partial charge in [0, 0.05) is 16.8 Å². The van der Waals surface area contributed by atoms with Crippen molar-refractivity contribution < 1.29 is 64.5 Å². The molecule has 2 fully saturated rings. The van der Waals surface area contributed by atoms with Crippen LogP contribution in [0.1, 0.15) is 0 Å². The average Bonchev–Trinajstić information content (AvgIpc) is 2.96. The molecule has 0 saturated carbocycles. The van der Waals surface area contributed by atoms with E-state index in [1.54, 1.807) is 24.3 Å². The van der Waals surface area contributed by atoms with Crippen LogP contribution in [0.5, 0.6) is 17.2 Å². The van der Waals surface area contributed by atoms with E-state index in [1.165, 1.54) is 13.2 Å². The minimum Gasteiger partial charge on any atom is -0.507 e. The first-order chi connectivity index (χ1) is 19.1. The van der Waals surface area contributed by atoms with Crippen LogP contribution in [0.15, 0.2) is 42.5 Å². The summed E-state index contributed by atoms with van der Waals surface area (Å²) in [5, 5.41) is 84.1. The molecule has 2 aliphatic rings. The molecule has 10 atom stereocenters. The van der Waals surface area contributed by atoms with E-state index in [0.29, 0.717) is 21.9 Å². The highest BCUT2D eigenvalue weighted by Gasteiger charge is 2.47. The van der Waals surface area contributed by atoms with Crippen molar-refractivity contribution in [3.63, 3.8) is 0 Å². The smallest absolute Gasteiger partial charge is 0.229 e. The Kier molecular flexibility index (Phi) is 8.31. The maximum absolute atomic E-state index is 10.6. The van der Waals surface area contributed by atoms with Crippen LogP contribution < -0.4 is 9.47 Å². The summed E-state index contributed by atoms with van der Waals surface area (Å²) in [6, 6.07) is 11.9. The maximum Gasteiger partial charge on any atom is 0.229 e. The van der Waals surface area contributed by atoms with Crippen molar-refractivity contribution in [3.8, 4) is 17.2 Å². The largest absolute Gasteiger partial charge is 0.507 e. The van der Waals surface area contributed by atoms with E-state index in [9.17, 15) is 40.9 Å². The van der Waals surface area contributed by atoms with Gasteiger partial charge in [-0.2, -0.15) is 0 Å². The van der Waals surface area contributed by atoms with Gasteiger partial charge in [0.2, 0.25) is 6.29 Å². The number of benzene rings is 3. The van der Waals surface area contributed by atoms with Crippen LogP contribution >= 0.6 is 0 Å². The van der Waals surface area contributed by atoms with Gasteiger partial charge in [-0.25, -0.2) is 0 Å². The molecule has 2 heterocycles. The fourth-order valence-electron chi connectivity index (χ4n) is 5.07. The van der Waals surface area contributed by atoms with Gasteiger partial charge >= 0.3 is 0 Å². The Morgan fingerprint density at radius 2 is 1.38 bits per heavy atom. The van der Waals surface area contributed by atoms with Gasteiger partial charge in [-0.15, -0.1) is 0 Å². The molecule has 13 nitrogen and oxygen atoms in total. The number of aliphatic hydroxyl groups excluding tert-OH is 7. The van der Waals surface area contributed by atoms with Crippen LogP contribution in [0.2, 0.25) is 0 Å². The summed E-state index contributed by atoms with van der Waals surface area (Å²) < 4.78 is 27.9. The summed E-state index contributed by atoms with van der Waals surface area (Å²) in [5.41, 5.74) is 0. The number of phenolic OH excluding ortho intramolecular Hbond substituents is 1. The van der Waals surface area contributed by atoms with Crippen molar-refractivity contribution in [2.75, 3.05) is 20.3 Å². The first kappa shape index (κ1) is 28.7. The topological polar surface area (TPSA) is 208 Å².